The van der Waals surface area contributed by atoms with Gasteiger partial charge in [-0.2, -0.15) is 0 Å². The summed E-state index contributed by atoms with van der Waals surface area (Å²) < 4.78 is 21.7. The summed E-state index contributed by atoms with van der Waals surface area (Å²) in [5.74, 6) is 2.64. The lowest BCUT2D eigenvalue weighted by atomic mass is 10.1. The minimum Gasteiger partial charge on any atom is -0.493 e. The zero-order valence-corrected chi connectivity index (χ0v) is 17.4. The molecule has 28 heavy (non-hydrogen) atoms. The second kappa shape index (κ2) is 9.88. The van der Waals surface area contributed by atoms with Gasteiger partial charge in [0.05, 0.1) is 34.0 Å². The highest BCUT2D eigenvalue weighted by atomic mass is 16.5. The molecule has 1 N–H and O–H groups in total. The average Bonchev–Trinajstić information content (AvgIpc) is 2.71. The molecule has 0 aliphatic heterocycles. The van der Waals surface area contributed by atoms with Gasteiger partial charge in [0.1, 0.15) is 0 Å². The molecule has 152 valence electrons. The molecule has 0 aliphatic carbocycles. The first-order valence-electron chi connectivity index (χ1n) is 9.23. The topological polar surface area (TPSA) is 66.0 Å². The summed E-state index contributed by atoms with van der Waals surface area (Å²) in [4.78, 5) is 12.6. The number of hydrogen-bond donors (Lipinski definition) is 1. The summed E-state index contributed by atoms with van der Waals surface area (Å²) in [7, 11) is 4.70. The third kappa shape index (κ3) is 5.31. The number of amides is 1. The summed E-state index contributed by atoms with van der Waals surface area (Å²) in [5, 5.41) is 2.99. The van der Waals surface area contributed by atoms with Gasteiger partial charge in [-0.3, -0.25) is 4.79 Å². The lowest BCUT2D eigenvalue weighted by Crippen LogP contribution is -2.26. The van der Waals surface area contributed by atoms with Gasteiger partial charge in [0, 0.05) is 5.56 Å². The molecule has 0 saturated carbocycles. The first-order chi connectivity index (χ1) is 13.4. The van der Waals surface area contributed by atoms with Crippen molar-refractivity contribution in [3.8, 4) is 23.0 Å². The molecular weight excluding hydrogens is 358 g/mol. The van der Waals surface area contributed by atoms with E-state index < -0.39 is 0 Å². The molecule has 2 rings (SSSR count). The number of rotatable bonds is 9. The number of hydrogen-bond acceptors (Lipinski definition) is 5. The summed E-state index contributed by atoms with van der Waals surface area (Å²) in [5.41, 5.74) is 1.41. The Morgan fingerprint density at radius 1 is 0.857 bits per heavy atom. The van der Waals surface area contributed by atoms with Crippen LogP contribution in [0.25, 0.3) is 0 Å². The molecule has 2 aromatic carbocycles. The van der Waals surface area contributed by atoms with Gasteiger partial charge in [-0.25, -0.2) is 0 Å². The Labute approximate surface area is 166 Å². The molecule has 2 aromatic rings. The van der Waals surface area contributed by atoms with Gasteiger partial charge < -0.3 is 24.3 Å². The second-order valence-electron chi connectivity index (χ2n) is 6.88. The maximum atomic E-state index is 12.6. The molecule has 0 radical (unpaired) electrons. The SMILES string of the molecule is COc1ccc(C(=O)NC(C)c2ccc(OCC(C)C)c(OC)c2)cc1OC. The van der Waals surface area contributed by atoms with Gasteiger partial charge in [-0.15, -0.1) is 0 Å². The number of benzene rings is 2. The van der Waals surface area contributed by atoms with Crippen LogP contribution in [0.4, 0.5) is 0 Å². The molecule has 0 heterocycles. The number of carbonyl (C=O) groups is 1. The molecule has 0 spiro atoms. The van der Waals surface area contributed by atoms with Crippen LogP contribution in [0.5, 0.6) is 23.0 Å². The van der Waals surface area contributed by atoms with Crippen molar-refractivity contribution in [2.45, 2.75) is 26.8 Å². The Kier molecular flexibility index (Phi) is 7.55. The minimum absolute atomic E-state index is 0.201. The molecule has 0 bridgehead atoms. The van der Waals surface area contributed by atoms with Crippen LogP contribution >= 0.6 is 0 Å². The predicted octanol–water partition coefficient (Wildman–Crippen LogP) is 4.24. The zero-order chi connectivity index (χ0) is 20.7. The molecule has 1 amide bonds. The normalized spacial score (nSPS) is 11.7. The number of methoxy groups -OCH3 is 3. The predicted molar refractivity (Wildman–Crippen MR) is 109 cm³/mol. The molecule has 1 unspecified atom stereocenters. The van der Waals surface area contributed by atoms with E-state index in [2.05, 4.69) is 19.2 Å². The van der Waals surface area contributed by atoms with Crippen LogP contribution in [0, 0.1) is 5.92 Å². The van der Waals surface area contributed by atoms with E-state index in [-0.39, 0.29) is 11.9 Å². The van der Waals surface area contributed by atoms with Crippen molar-refractivity contribution in [1.82, 2.24) is 5.32 Å². The summed E-state index contributed by atoms with van der Waals surface area (Å²) in [6, 6.07) is 10.5. The van der Waals surface area contributed by atoms with Crippen molar-refractivity contribution in [1.29, 1.82) is 0 Å². The van der Waals surface area contributed by atoms with E-state index in [1.54, 1.807) is 32.4 Å². The third-order valence-corrected chi connectivity index (χ3v) is 4.25. The highest BCUT2D eigenvalue weighted by Gasteiger charge is 2.16. The average molecular weight is 387 g/mol. The highest BCUT2D eigenvalue weighted by Crippen LogP contribution is 2.31. The Bertz CT molecular complexity index is 804. The van der Waals surface area contributed by atoms with Crippen molar-refractivity contribution in [2.75, 3.05) is 27.9 Å². The van der Waals surface area contributed by atoms with Crippen molar-refractivity contribution in [3.63, 3.8) is 0 Å². The molecule has 6 nitrogen and oxygen atoms in total. The molecule has 0 fully saturated rings. The molecule has 0 aliphatic rings. The van der Waals surface area contributed by atoms with Crippen LogP contribution < -0.4 is 24.3 Å². The molecule has 0 saturated heterocycles. The molecule has 0 aromatic heterocycles. The van der Waals surface area contributed by atoms with E-state index in [1.807, 2.05) is 25.1 Å². The van der Waals surface area contributed by atoms with Crippen molar-refractivity contribution in [3.05, 3.63) is 47.5 Å². The van der Waals surface area contributed by atoms with E-state index in [4.69, 9.17) is 18.9 Å². The fourth-order valence-corrected chi connectivity index (χ4v) is 2.67. The largest absolute Gasteiger partial charge is 0.493 e. The summed E-state index contributed by atoms with van der Waals surface area (Å²) in [6.45, 7) is 6.71. The Morgan fingerprint density at radius 3 is 2.07 bits per heavy atom. The van der Waals surface area contributed by atoms with Gasteiger partial charge >= 0.3 is 0 Å². The van der Waals surface area contributed by atoms with Crippen LogP contribution in [-0.2, 0) is 0 Å². The Balaban J connectivity index is 2.13. The Hall–Kier alpha value is -2.89. The Morgan fingerprint density at radius 2 is 1.46 bits per heavy atom. The number of carbonyl (C=O) groups excluding carboxylic acids is 1. The summed E-state index contributed by atoms with van der Waals surface area (Å²) >= 11 is 0. The maximum Gasteiger partial charge on any atom is 0.251 e. The second-order valence-corrected chi connectivity index (χ2v) is 6.88. The molecule has 6 heteroatoms. The van der Waals surface area contributed by atoms with Gasteiger partial charge in [0.25, 0.3) is 5.91 Å². The van der Waals surface area contributed by atoms with Crippen molar-refractivity contribution < 1.29 is 23.7 Å². The minimum atomic E-state index is -0.214. The fraction of sp³-hybridized carbons (Fsp3) is 0.409. The van der Waals surface area contributed by atoms with Gasteiger partial charge in [0.2, 0.25) is 0 Å². The van der Waals surface area contributed by atoms with Crippen molar-refractivity contribution >= 4 is 5.91 Å². The fourth-order valence-electron chi connectivity index (χ4n) is 2.67. The van der Waals surface area contributed by atoms with E-state index >= 15 is 0 Å². The standard InChI is InChI=1S/C22H29NO5/c1-14(2)13-28-19-10-7-16(11-21(19)27-6)15(3)23-22(24)17-8-9-18(25-4)20(12-17)26-5/h7-12,14-15H,13H2,1-6H3,(H,23,24). The van der Waals surface area contributed by atoms with Crippen LogP contribution in [0.3, 0.4) is 0 Å². The van der Waals surface area contributed by atoms with Crippen LogP contribution in [0.15, 0.2) is 36.4 Å². The number of nitrogens with one attached hydrogen (secondary N) is 1. The first-order valence-corrected chi connectivity index (χ1v) is 9.23. The lowest BCUT2D eigenvalue weighted by molar-refractivity contribution is 0.0939. The zero-order valence-electron chi connectivity index (χ0n) is 17.4. The van der Waals surface area contributed by atoms with Crippen LogP contribution in [0.2, 0.25) is 0 Å². The van der Waals surface area contributed by atoms with E-state index in [9.17, 15) is 4.79 Å². The quantitative estimate of drug-likeness (QED) is 0.697. The van der Waals surface area contributed by atoms with E-state index in [0.29, 0.717) is 41.1 Å². The third-order valence-electron chi connectivity index (χ3n) is 4.25. The summed E-state index contributed by atoms with van der Waals surface area (Å²) in [6.07, 6.45) is 0. The molecule has 1 atom stereocenters. The van der Waals surface area contributed by atoms with Crippen LogP contribution in [-0.4, -0.2) is 33.8 Å². The van der Waals surface area contributed by atoms with Gasteiger partial charge in [-0.1, -0.05) is 19.9 Å². The number of ether oxygens (including phenoxy) is 4. The van der Waals surface area contributed by atoms with E-state index in [0.717, 1.165) is 5.56 Å². The van der Waals surface area contributed by atoms with E-state index in [1.165, 1.54) is 7.11 Å². The smallest absolute Gasteiger partial charge is 0.251 e. The monoisotopic (exact) mass is 387 g/mol. The maximum absolute atomic E-state index is 12.6. The highest BCUT2D eigenvalue weighted by molar-refractivity contribution is 5.95. The molecular formula is C22H29NO5. The van der Waals surface area contributed by atoms with Crippen LogP contribution in [0.1, 0.15) is 42.7 Å². The lowest BCUT2D eigenvalue weighted by Gasteiger charge is -2.18. The van der Waals surface area contributed by atoms with Gasteiger partial charge in [0.15, 0.2) is 23.0 Å². The first kappa shape index (κ1) is 21.4. The van der Waals surface area contributed by atoms with Crippen molar-refractivity contribution in [2.24, 2.45) is 5.92 Å². The van der Waals surface area contributed by atoms with Gasteiger partial charge in [-0.05, 0) is 48.7 Å².